The molecule has 0 saturated carbocycles. The number of carbonyl (C=O) groups excluding carboxylic acids is 1. The molecule has 1 rings (SSSR count). The second kappa shape index (κ2) is 8.48. The van der Waals surface area contributed by atoms with Gasteiger partial charge >= 0.3 is 0 Å². The molecule has 0 aliphatic carbocycles. The van der Waals surface area contributed by atoms with Gasteiger partial charge in [0.2, 0.25) is 5.91 Å². The molecule has 2 unspecified atom stereocenters. The molecule has 2 N–H and O–H groups in total. The van der Waals surface area contributed by atoms with Crippen molar-refractivity contribution in [3.8, 4) is 0 Å². The van der Waals surface area contributed by atoms with E-state index in [1.807, 2.05) is 6.92 Å². The topological polar surface area (TPSA) is 50.4 Å². The third-order valence-corrected chi connectivity index (χ3v) is 3.06. The van der Waals surface area contributed by atoms with Crippen molar-refractivity contribution >= 4 is 5.91 Å². The van der Waals surface area contributed by atoms with Crippen LogP contribution in [0, 0.1) is 0 Å². The van der Waals surface area contributed by atoms with Gasteiger partial charge in [0.05, 0.1) is 12.6 Å². The van der Waals surface area contributed by atoms with Gasteiger partial charge in [-0.2, -0.15) is 0 Å². The highest BCUT2D eigenvalue weighted by Crippen LogP contribution is 2.11. The van der Waals surface area contributed by atoms with Gasteiger partial charge in [-0.3, -0.25) is 4.79 Å². The molecular weight excluding hydrogens is 216 g/mol. The molecule has 4 nitrogen and oxygen atoms in total. The monoisotopic (exact) mass is 242 g/mol. The first kappa shape index (κ1) is 14.5. The fourth-order valence-electron chi connectivity index (χ4n) is 2.15. The molecule has 4 heteroatoms. The van der Waals surface area contributed by atoms with E-state index in [2.05, 4.69) is 17.6 Å². The van der Waals surface area contributed by atoms with E-state index in [0.29, 0.717) is 12.6 Å². The first-order valence-corrected chi connectivity index (χ1v) is 6.84. The van der Waals surface area contributed by atoms with E-state index >= 15 is 0 Å². The van der Waals surface area contributed by atoms with Crippen LogP contribution in [0.4, 0.5) is 0 Å². The predicted octanol–water partition coefficient (Wildman–Crippen LogP) is 1.45. The maximum atomic E-state index is 11.6. The molecule has 0 bridgehead atoms. The highest BCUT2D eigenvalue weighted by Gasteiger charge is 2.13. The summed E-state index contributed by atoms with van der Waals surface area (Å²) in [4.78, 5) is 11.6. The Kier molecular flexibility index (Phi) is 7.21. The molecule has 0 aromatic carbocycles. The van der Waals surface area contributed by atoms with Gasteiger partial charge in [0.25, 0.3) is 0 Å². The molecule has 1 aliphatic rings. The molecule has 1 aliphatic heterocycles. The summed E-state index contributed by atoms with van der Waals surface area (Å²) in [6, 6.07) is 0.278. The Balaban J connectivity index is 2.03. The Morgan fingerprint density at radius 1 is 1.47 bits per heavy atom. The maximum absolute atomic E-state index is 11.6. The number of rotatable bonds is 7. The SMILES string of the molecule is CCCC(C)NC(=O)CNCC1CCCCO1. The zero-order valence-electron chi connectivity index (χ0n) is 11.1. The summed E-state index contributed by atoms with van der Waals surface area (Å²) in [7, 11) is 0. The van der Waals surface area contributed by atoms with Crippen LogP contribution in [0.25, 0.3) is 0 Å². The highest BCUT2D eigenvalue weighted by molar-refractivity contribution is 5.78. The molecule has 1 saturated heterocycles. The van der Waals surface area contributed by atoms with Gasteiger partial charge in [-0.05, 0) is 32.6 Å². The second-order valence-corrected chi connectivity index (χ2v) is 4.88. The molecule has 0 aromatic rings. The lowest BCUT2D eigenvalue weighted by atomic mass is 10.1. The second-order valence-electron chi connectivity index (χ2n) is 4.88. The third-order valence-electron chi connectivity index (χ3n) is 3.06. The molecule has 0 spiro atoms. The van der Waals surface area contributed by atoms with Crippen molar-refractivity contribution in [3.63, 3.8) is 0 Å². The Labute approximate surface area is 104 Å². The summed E-state index contributed by atoms with van der Waals surface area (Å²) in [5.74, 6) is 0.0850. The number of hydrogen-bond acceptors (Lipinski definition) is 3. The minimum absolute atomic E-state index is 0.0850. The molecule has 1 heterocycles. The summed E-state index contributed by atoms with van der Waals surface area (Å²) in [5, 5.41) is 6.14. The van der Waals surface area contributed by atoms with Crippen molar-refractivity contribution in [1.29, 1.82) is 0 Å². The van der Waals surface area contributed by atoms with Crippen molar-refractivity contribution in [2.24, 2.45) is 0 Å². The normalized spacial score (nSPS) is 22.1. The van der Waals surface area contributed by atoms with Gasteiger partial charge in [0.15, 0.2) is 0 Å². The molecular formula is C13H26N2O2. The molecule has 1 amide bonds. The summed E-state index contributed by atoms with van der Waals surface area (Å²) in [6.07, 6.45) is 5.96. The fraction of sp³-hybridized carbons (Fsp3) is 0.923. The number of ether oxygens (including phenoxy) is 1. The van der Waals surface area contributed by atoms with Gasteiger partial charge < -0.3 is 15.4 Å². The highest BCUT2D eigenvalue weighted by atomic mass is 16.5. The van der Waals surface area contributed by atoms with Crippen molar-refractivity contribution in [3.05, 3.63) is 0 Å². The van der Waals surface area contributed by atoms with Crippen LogP contribution in [-0.2, 0) is 9.53 Å². The zero-order chi connectivity index (χ0) is 12.5. The van der Waals surface area contributed by atoms with Crippen LogP contribution < -0.4 is 10.6 Å². The van der Waals surface area contributed by atoms with Crippen molar-refractivity contribution < 1.29 is 9.53 Å². The number of nitrogens with one attached hydrogen (secondary N) is 2. The smallest absolute Gasteiger partial charge is 0.234 e. The van der Waals surface area contributed by atoms with E-state index in [4.69, 9.17) is 4.74 Å². The lowest BCUT2D eigenvalue weighted by Gasteiger charge is -2.22. The number of carbonyl (C=O) groups is 1. The average Bonchev–Trinajstić information content (AvgIpc) is 2.30. The van der Waals surface area contributed by atoms with E-state index in [0.717, 1.165) is 32.4 Å². The van der Waals surface area contributed by atoms with Gasteiger partial charge in [-0.15, -0.1) is 0 Å². The van der Waals surface area contributed by atoms with Gasteiger partial charge in [0, 0.05) is 19.2 Å². The molecule has 0 radical (unpaired) electrons. The van der Waals surface area contributed by atoms with E-state index in [1.54, 1.807) is 0 Å². The van der Waals surface area contributed by atoms with E-state index in [9.17, 15) is 4.79 Å². The van der Waals surface area contributed by atoms with Crippen molar-refractivity contribution in [2.45, 2.75) is 58.1 Å². The Morgan fingerprint density at radius 2 is 2.29 bits per heavy atom. The van der Waals surface area contributed by atoms with E-state index < -0.39 is 0 Å². The summed E-state index contributed by atoms with van der Waals surface area (Å²) < 4.78 is 5.59. The Hall–Kier alpha value is -0.610. The summed E-state index contributed by atoms with van der Waals surface area (Å²) >= 11 is 0. The van der Waals surface area contributed by atoms with Gasteiger partial charge in [0.1, 0.15) is 0 Å². The van der Waals surface area contributed by atoms with Crippen LogP contribution in [-0.4, -0.2) is 37.7 Å². The van der Waals surface area contributed by atoms with Gasteiger partial charge in [-0.25, -0.2) is 0 Å². The largest absolute Gasteiger partial charge is 0.377 e. The lowest BCUT2D eigenvalue weighted by Crippen LogP contribution is -2.41. The number of hydrogen-bond donors (Lipinski definition) is 2. The van der Waals surface area contributed by atoms with Gasteiger partial charge in [-0.1, -0.05) is 13.3 Å². The van der Waals surface area contributed by atoms with Crippen LogP contribution in [0.2, 0.25) is 0 Å². The molecule has 17 heavy (non-hydrogen) atoms. The quantitative estimate of drug-likeness (QED) is 0.710. The standard InChI is InChI=1S/C13H26N2O2/c1-3-6-11(2)15-13(16)10-14-9-12-7-4-5-8-17-12/h11-12,14H,3-10H2,1-2H3,(H,15,16). The van der Waals surface area contributed by atoms with E-state index in [-0.39, 0.29) is 11.9 Å². The average molecular weight is 242 g/mol. The Bertz CT molecular complexity index is 215. The van der Waals surface area contributed by atoms with Crippen LogP contribution in [0.5, 0.6) is 0 Å². The molecule has 2 atom stereocenters. The number of amides is 1. The first-order valence-electron chi connectivity index (χ1n) is 6.84. The van der Waals surface area contributed by atoms with Crippen molar-refractivity contribution in [2.75, 3.05) is 19.7 Å². The van der Waals surface area contributed by atoms with Crippen molar-refractivity contribution in [1.82, 2.24) is 10.6 Å². The Morgan fingerprint density at radius 3 is 2.94 bits per heavy atom. The van der Waals surface area contributed by atoms with Crippen LogP contribution in [0.15, 0.2) is 0 Å². The zero-order valence-corrected chi connectivity index (χ0v) is 11.1. The fourth-order valence-corrected chi connectivity index (χ4v) is 2.15. The van der Waals surface area contributed by atoms with Crippen LogP contribution >= 0.6 is 0 Å². The molecule has 0 aromatic heterocycles. The van der Waals surface area contributed by atoms with E-state index in [1.165, 1.54) is 12.8 Å². The lowest BCUT2D eigenvalue weighted by molar-refractivity contribution is -0.121. The van der Waals surface area contributed by atoms with Crippen LogP contribution in [0.1, 0.15) is 46.0 Å². The first-order chi connectivity index (χ1) is 8.22. The summed E-state index contributed by atoms with van der Waals surface area (Å²) in [5.41, 5.74) is 0. The molecule has 1 fully saturated rings. The minimum Gasteiger partial charge on any atom is -0.377 e. The predicted molar refractivity (Wildman–Crippen MR) is 69.0 cm³/mol. The summed E-state index contributed by atoms with van der Waals surface area (Å²) in [6.45, 7) is 6.22. The minimum atomic E-state index is 0.0850. The van der Waals surface area contributed by atoms with Crippen LogP contribution in [0.3, 0.4) is 0 Å². The molecule has 100 valence electrons. The third kappa shape index (κ3) is 6.64. The maximum Gasteiger partial charge on any atom is 0.234 e.